The minimum atomic E-state index is -0.513. The molecule has 4 nitrogen and oxygen atoms in total. The number of para-hydroxylation sites is 1. The molecule has 0 fully saturated rings. The topological polar surface area (TPSA) is 59.3 Å². The summed E-state index contributed by atoms with van der Waals surface area (Å²) in [4.78, 5) is 24.9. The van der Waals surface area contributed by atoms with Crippen molar-refractivity contribution in [1.82, 2.24) is 5.32 Å². The van der Waals surface area contributed by atoms with E-state index in [4.69, 9.17) is 16.0 Å². The van der Waals surface area contributed by atoms with Crippen LogP contribution in [0.25, 0.3) is 11.0 Å². The average molecular weight is 312 g/mol. The van der Waals surface area contributed by atoms with Crippen molar-refractivity contribution >= 4 is 28.5 Å². The summed E-state index contributed by atoms with van der Waals surface area (Å²) in [5, 5.41) is 3.86. The van der Waals surface area contributed by atoms with E-state index in [9.17, 15) is 9.59 Å². The number of nitrogens with one attached hydrogen (secondary N) is 1. The largest absolute Gasteiger partial charge is 0.450 e. The smallest absolute Gasteiger partial charge is 0.288 e. The summed E-state index contributed by atoms with van der Waals surface area (Å²) >= 11 is 5.89. The van der Waals surface area contributed by atoms with Gasteiger partial charge in [-0.25, -0.2) is 0 Å². The van der Waals surface area contributed by atoms with Gasteiger partial charge < -0.3 is 9.73 Å². The number of benzene rings is 2. The molecule has 4 rings (SSSR count). The van der Waals surface area contributed by atoms with Crippen molar-refractivity contribution in [2.75, 3.05) is 0 Å². The molecule has 2 aromatic carbocycles. The molecule has 0 saturated heterocycles. The van der Waals surface area contributed by atoms with E-state index < -0.39 is 6.04 Å². The number of hydrogen-bond acceptors (Lipinski definition) is 3. The van der Waals surface area contributed by atoms with Crippen LogP contribution in [0.2, 0.25) is 5.02 Å². The molecule has 108 valence electrons. The molecule has 3 aromatic rings. The van der Waals surface area contributed by atoms with Gasteiger partial charge in [-0.2, -0.15) is 0 Å². The first kappa shape index (κ1) is 13.1. The molecule has 1 atom stereocenters. The lowest BCUT2D eigenvalue weighted by atomic mass is 9.99. The zero-order valence-corrected chi connectivity index (χ0v) is 12.1. The van der Waals surface area contributed by atoms with Crippen LogP contribution in [0.1, 0.15) is 27.7 Å². The standard InChI is InChI=1S/C17H10ClNO3/c18-10-7-5-9(6-8-10)14-13-15(20)11-3-1-2-4-12(11)22-16(13)17(21)19-14/h1-8,14H,(H,19,21)/t14-/m1/s1. The van der Waals surface area contributed by atoms with Crippen molar-refractivity contribution in [1.29, 1.82) is 0 Å². The minimum Gasteiger partial charge on any atom is -0.450 e. The Hall–Kier alpha value is -2.59. The Morgan fingerprint density at radius 2 is 1.73 bits per heavy atom. The van der Waals surface area contributed by atoms with Crippen LogP contribution in [0.15, 0.2) is 57.7 Å². The van der Waals surface area contributed by atoms with Gasteiger partial charge in [-0.1, -0.05) is 35.9 Å². The molecule has 1 aromatic heterocycles. The molecule has 2 heterocycles. The van der Waals surface area contributed by atoms with Gasteiger partial charge in [-0.05, 0) is 29.8 Å². The summed E-state index contributed by atoms with van der Waals surface area (Å²) < 4.78 is 5.63. The number of fused-ring (bicyclic) bond motifs is 2. The van der Waals surface area contributed by atoms with Crippen molar-refractivity contribution in [3.05, 3.63) is 80.7 Å². The number of carbonyl (C=O) groups is 1. The molecular weight excluding hydrogens is 302 g/mol. The van der Waals surface area contributed by atoms with Crippen molar-refractivity contribution in [2.24, 2.45) is 0 Å². The Kier molecular flexibility index (Phi) is 2.81. The predicted molar refractivity (Wildman–Crippen MR) is 83.2 cm³/mol. The highest BCUT2D eigenvalue weighted by atomic mass is 35.5. The number of carbonyl (C=O) groups excluding carboxylic acids is 1. The monoisotopic (exact) mass is 311 g/mol. The first-order valence-electron chi connectivity index (χ1n) is 6.77. The molecule has 0 bridgehead atoms. The van der Waals surface area contributed by atoms with Crippen molar-refractivity contribution in [3.63, 3.8) is 0 Å². The summed E-state index contributed by atoms with van der Waals surface area (Å²) in [5.41, 5.74) is 1.37. The predicted octanol–water partition coefficient (Wildman–Crippen LogP) is 3.28. The van der Waals surface area contributed by atoms with Gasteiger partial charge in [0.05, 0.1) is 17.0 Å². The maximum atomic E-state index is 12.7. The van der Waals surface area contributed by atoms with E-state index in [1.54, 1.807) is 48.5 Å². The summed E-state index contributed by atoms with van der Waals surface area (Å²) in [7, 11) is 0. The van der Waals surface area contributed by atoms with Gasteiger partial charge in [0, 0.05) is 5.02 Å². The molecule has 5 heteroatoms. The number of halogens is 1. The molecule has 0 spiro atoms. The Morgan fingerprint density at radius 1 is 1.00 bits per heavy atom. The van der Waals surface area contributed by atoms with Crippen LogP contribution < -0.4 is 10.7 Å². The highest BCUT2D eigenvalue weighted by Gasteiger charge is 2.35. The molecule has 0 saturated carbocycles. The molecule has 0 aliphatic carbocycles. The summed E-state index contributed by atoms with van der Waals surface area (Å²) in [6.07, 6.45) is 0. The van der Waals surface area contributed by atoms with Crippen LogP contribution in [-0.2, 0) is 0 Å². The van der Waals surface area contributed by atoms with E-state index >= 15 is 0 Å². The molecule has 1 aliphatic rings. The van der Waals surface area contributed by atoms with Crippen molar-refractivity contribution in [2.45, 2.75) is 6.04 Å². The Bertz CT molecular complexity index is 960. The fourth-order valence-corrected chi connectivity index (χ4v) is 2.89. The second kappa shape index (κ2) is 4.71. The molecule has 0 radical (unpaired) electrons. The van der Waals surface area contributed by atoms with Crippen molar-refractivity contribution < 1.29 is 9.21 Å². The van der Waals surface area contributed by atoms with Crippen LogP contribution in [0, 0.1) is 0 Å². The molecular formula is C17H10ClNO3. The van der Waals surface area contributed by atoms with Crippen LogP contribution in [0.5, 0.6) is 0 Å². The molecule has 22 heavy (non-hydrogen) atoms. The maximum Gasteiger partial charge on any atom is 0.288 e. The van der Waals surface area contributed by atoms with E-state index in [1.807, 2.05) is 0 Å². The first-order chi connectivity index (χ1) is 10.6. The third-order valence-electron chi connectivity index (χ3n) is 3.81. The summed E-state index contributed by atoms with van der Waals surface area (Å²) in [6.45, 7) is 0. The normalized spacial score (nSPS) is 16.6. The number of rotatable bonds is 1. The van der Waals surface area contributed by atoms with Gasteiger partial charge in [0.1, 0.15) is 5.58 Å². The lowest BCUT2D eigenvalue weighted by Crippen LogP contribution is -2.21. The fourth-order valence-electron chi connectivity index (χ4n) is 2.76. The molecule has 1 amide bonds. The summed E-state index contributed by atoms with van der Waals surface area (Å²) in [6, 6.07) is 13.4. The lowest BCUT2D eigenvalue weighted by Gasteiger charge is -2.11. The maximum absolute atomic E-state index is 12.7. The van der Waals surface area contributed by atoms with Gasteiger partial charge in [-0.3, -0.25) is 9.59 Å². The Labute approximate surface area is 130 Å². The van der Waals surface area contributed by atoms with Crippen LogP contribution in [0.3, 0.4) is 0 Å². The Balaban J connectivity index is 1.99. The third kappa shape index (κ3) is 1.84. The molecule has 1 aliphatic heterocycles. The highest BCUT2D eigenvalue weighted by molar-refractivity contribution is 6.30. The van der Waals surface area contributed by atoms with Gasteiger partial charge >= 0.3 is 0 Å². The van der Waals surface area contributed by atoms with E-state index in [1.165, 1.54) is 0 Å². The van der Waals surface area contributed by atoms with Crippen molar-refractivity contribution in [3.8, 4) is 0 Å². The zero-order valence-electron chi connectivity index (χ0n) is 11.3. The Morgan fingerprint density at radius 3 is 2.50 bits per heavy atom. The van der Waals surface area contributed by atoms with Gasteiger partial charge in [0.15, 0.2) is 5.43 Å². The second-order valence-corrected chi connectivity index (χ2v) is 5.56. The first-order valence-corrected chi connectivity index (χ1v) is 7.15. The van der Waals surface area contributed by atoms with Crippen LogP contribution in [-0.4, -0.2) is 5.91 Å². The average Bonchev–Trinajstić information content (AvgIpc) is 2.86. The minimum absolute atomic E-state index is 0.0867. The van der Waals surface area contributed by atoms with E-state index in [0.29, 0.717) is 21.6 Å². The quantitative estimate of drug-likeness (QED) is 0.750. The van der Waals surface area contributed by atoms with E-state index in [-0.39, 0.29) is 17.1 Å². The lowest BCUT2D eigenvalue weighted by molar-refractivity contribution is 0.0938. The van der Waals surface area contributed by atoms with Crippen LogP contribution >= 0.6 is 11.6 Å². The summed E-state index contributed by atoms with van der Waals surface area (Å²) in [5.74, 6) is -0.290. The van der Waals surface area contributed by atoms with Gasteiger partial charge in [0.25, 0.3) is 5.91 Å². The van der Waals surface area contributed by atoms with E-state index in [0.717, 1.165) is 5.56 Å². The van der Waals surface area contributed by atoms with E-state index in [2.05, 4.69) is 5.32 Å². The molecule has 1 N–H and O–H groups in total. The molecule has 0 unspecified atom stereocenters. The second-order valence-electron chi connectivity index (χ2n) is 5.13. The third-order valence-corrected chi connectivity index (χ3v) is 4.06. The number of hydrogen-bond donors (Lipinski definition) is 1. The van der Waals surface area contributed by atoms with Gasteiger partial charge in [-0.15, -0.1) is 0 Å². The zero-order chi connectivity index (χ0) is 15.3. The van der Waals surface area contributed by atoms with Gasteiger partial charge in [0.2, 0.25) is 5.76 Å². The fraction of sp³-hybridized carbons (Fsp3) is 0.0588. The van der Waals surface area contributed by atoms with Crippen LogP contribution in [0.4, 0.5) is 0 Å². The number of amides is 1. The highest BCUT2D eigenvalue weighted by Crippen LogP contribution is 2.31. The SMILES string of the molecule is O=C1N[C@H](c2ccc(Cl)cc2)c2c1oc1ccccc1c2=O.